The van der Waals surface area contributed by atoms with Crippen molar-refractivity contribution >= 4 is 15.6 Å². The summed E-state index contributed by atoms with van der Waals surface area (Å²) in [5.74, 6) is 0. The van der Waals surface area contributed by atoms with Crippen LogP contribution < -0.4 is 9.79 Å². The molecule has 0 aliphatic carbocycles. The van der Waals surface area contributed by atoms with Crippen molar-refractivity contribution in [2.45, 2.75) is 0 Å². The van der Waals surface area contributed by atoms with Crippen molar-refractivity contribution in [3.8, 4) is 0 Å². The van der Waals surface area contributed by atoms with Gasteiger partial charge in [-0.1, -0.05) is 10.1 Å². The van der Waals surface area contributed by atoms with Gasteiger partial charge in [0.15, 0.2) is 0 Å². The second kappa shape index (κ2) is 5.02. The van der Waals surface area contributed by atoms with Crippen LogP contribution in [0.2, 0.25) is 0 Å². The van der Waals surface area contributed by atoms with E-state index in [1.165, 1.54) is 0 Å². The Morgan fingerprint density at radius 2 is 0.923 bits per heavy atom. The number of rotatable bonds is 0. The van der Waals surface area contributed by atoms with E-state index < -0.39 is 15.6 Å². The summed E-state index contributed by atoms with van der Waals surface area (Å²) >= 11 is 0. The maximum atomic E-state index is 9.55. The van der Waals surface area contributed by atoms with Crippen molar-refractivity contribution in [3.63, 3.8) is 0 Å². The molecule has 0 N–H and O–H groups in total. The minimum atomic E-state index is -3.94. The van der Waals surface area contributed by atoms with Crippen LogP contribution in [0.4, 0.5) is 0 Å². The zero-order chi connectivity index (χ0) is 9.24. The van der Waals surface area contributed by atoms with E-state index >= 15 is 0 Å². The quantitative estimate of drug-likeness (QED) is 0.300. The van der Waals surface area contributed by atoms with Crippen molar-refractivity contribution in [1.29, 1.82) is 0 Å². The van der Waals surface area contributed by atoms with E-state index in [4.69, 9.17) is 0 Å². The molecular weight excluding hydrogens is 287 g/mol. The molecule has 0 amide bonds. The van der Waals surface area contributed by atoms with Crippen LogP contribution in [0.25, 0.3) is 0 Å². The molecule has 0 atom stereocenters. The first-order valence-electron chi connectivity index (χ1n) is 2.13. The molecular formula is O10P2Zn. The maximum Gasteiger partial charge on any atom is 2.00 e. The number of hydrogen-bond donors (Lipinski definition) is 0. The number of hydrogen-bond acceptors (Lipinski definition) is 10. The molecule has 0 unspecified atom stereocenters. The van der Waals surface area contributed by atoms with Gasteiger partial charge in [0, 0.05) is 0 Å². The monoisotopic (exact) mass is 286 g/mol. The third-order valence-electron chi connectivity index (χ3n) is 0.487. The average molecular weight is 287 g/mol. The maximum absolute atomic E-state index is 9.55. The fraction of sp³-hybridized carbons (Fsp3) is 0. The predicted octanol–water partition coefficient (Wildman–Crippen LogP) is -1.31. The SMILES string of the molecule is O=P1([O-])OOO1.O=P1([O-])OOO1.[Zn+2]. The van der Waals surface area contributed by atoms with Crippen LogP contribution in [0, 0.1) is 0 Å². The van der Waals surface area contributed by atoms with E-state index in [2.05, 4.69) is 28.8 Å². The van der Waals surface area contributed by atoms with Crippen molar-refractivity contribution in [3.05, 3.63) is 0 Å². The molecule has 2 rings (SSSR count). The molecule has 2 aliphatic rings. The minimum Gasteiger partial charge on any atom is -0.753 e. The van der Waals surface area contributed by atoms with Crippen LogP contribution in [-0.4, -0.2) is 0 Å². The van der Waals surface area contributed by atoms with E-state index in [9.17, 15) is 18.9 Å². The van der Waals surface area contributed by atoms with Crippen LogP contribution in [0.5, 0.6) is 0 Å². The first-order valence-corrected chi connectivity index (χ1v) is 5.05. The van der Waals surface area contributed by atoms with Gasteiger partial charge in [0.05, 0.1) is 0 Å². The summed E-state index contributed by atoms with van der Waals surface area (Å²) in [6, 6.07) is 0. The van der Waals surface area contributed by atoms with Gasteiger partial charge in [-0.2, -0.15) is 0 Å². The van der Waals surface area contributed by atoms with Gasteiger partial charge in [0.2, 0.25) is 0 Å². The molecule has 0 aromatic heterocycles. The summed E-state index contributed by atoms with van der Waals surface area (Å²) < 4.78 is 32.7. The summed E-state index contributed by atoms with van der Waals surface area (Å²) in [7, 11) is -7.88. The summed E-state index contributed by atoms with van der Waals surface area (Å²) in [6.45, 7) is 0. The van der Waals surface area contributed by atoms with E-state index in [1.54, 1.807) is 0 Å². The summed E-state index contributed by atoms with van der Waals surface area (Å²) in [5, 5.41) is 6.72. The molecule has 0 aromatic rings. The Hall–Kier alpha value is 0.763. The topological polar surface area (TPSA) is 136 Å². The zero-order valence-corrected chi connectivity index (χ0v) is 10.4. The molecule has 0 bridgehead atoms. The first-order chi connectivity index (χ1) is 5.41. The van der Waals surface area contributed by atoms with E-state index in [0.717, 1.165) is 0 Å². The third-order valence-corrected chi connectivity index (χ3v) is 1.46. The molecule has 0 radical (unpaired) electrons. The minimum absolute atomic E-state index is 0. The molecule has 2 heterocycles. The molecule has 0 saturated carbocycles. The molecule has 13 heavy (non-hydrogen) atoms. The Kier molecular flexibility index (Phi) is 5.31. The molecule has 72 valence electrons. The Morgan fingerprint density at radius 3 is 0.923 bits per heavy atom. The van der Waals surface area contributed by atoms with Gasteiger partial charge < -0.3 is 9.79 Å². The molecule has 2 aliphatic heterocycles. The average Bonchev–Trinajstić information content (AvgIpc) is 1.83. The molecule has 13 heteroatoms. The van der Waals surface area contributed by atoms with Crippen LogP contribution in [0.3, 0.4) is 0 Å². The summed E-state index contributed by atoms with van der Waals surface area (Å²) in [6.07, 6.45) is 0. The Bertz CT molecular complexity index is 203. The van der Waals surface area contributed by atoms with Gasteiger partial charge in [0.25, 0.3) is 0 Å². The number of phosphoric acid groups is 2. The second-order valence-electron chi connectivity index (χ2n) is 1.33. The van der Waals surface area contributed by atoms with Crippen molar-refractivity contribution < 1.29 is 67.2 Å². The van der Waals surface area contributed by atoms with Crippen molar-refractivity contribution in [1.82, 2.24) is 0 Å². The molecule has 10 nitrogen and oxygen atoms in total. The molecule has 2 fully saturated rings. The smallest absolute Gasteiger partial charge is 0.753 e. The van der Waals surface area contributed by atoms with Gasteiger partial charge >= 0.3 is 35.1 Å². The van der Waals surface area contributed by atoms with Gasteiger partial charge in [-0.15, -0.1) is 18.7 Å². The first kappa shape index (κ1) is 13.8. The molecule has 0 aromatic carbocycles. The largest absolute Gasteiger partial charge is 2.00 e. The Morgan fingerprint density at radius 1 is 0.769 bits per heavy atom. The van der Waals surface area contributed by atoms with Gasteiger partial charge in [-0.3, -0.25) is 9.13 Å². The summed E-state index contributed by atoms with van der Waals surface area (Å²) in [5.41, 5.74) is 0. The fourth-order valence-electron chi connectivity index (χ4n) is 0.160. The van der Waals surface area contributed by atoms with E-state index in [0.29, 0.717) is 0 Å². The molecule has 0 spiro atoms. The zero-order valence-electron chi connectivity index (χ0n) is 5.68. The van der Waals surface area contributed by atoms with Crippen LogP contribution in [0.1, 0.15) is 0 Å². The standard InChI is InChI=1S/2HO5P.Zn/c2*1-6(2)4-3-5-6;/h2*(H,1,2);/q;;+2/p-2. The predicted molar refractivity (Wildman–Crippen MR) is 21.7 cm³/mol. The van der Waals surface area contributed by atoms with Crippen LogP contribution >= 0.6 is 15.6 Å². The fourth-order valence-corrected chi connectivity index (χ4v) is 0.481. The van der Waals surface area contributed by atoms with Crippen LogP contribution in [0.15, 0.2) is 0 Å². The van der Waals surface area contributed by atoms with Gasteiger partial charge in [-0.25, -0.2) is 0 Å². The van der Waals surface area contributed by atoms with Gasteiger partial charge in [0.1, 0.15) is 0 Å². The van der Waals surface area contributed by atoms with E-state index in [-0.39, 0.29) is 19.5 Å². The van der Waals surface area contributed by atoms with Crippen molar-refractivity contribution in [2.75, 3.05) is 0 Å². The third kappa shape index (κ3) is 5.26. The van der Waals surface area contributed by atoms with Gasteiger partial charge in [-0.05, 0) is 0 Å². The Labute approximate surface area is 83.3 Å². The second-order valence-corrected chi connectivity index (χ2v) is 3.71. The normalized spacial score (nSPS) is 26.6. The van der Waals surface area contributed by atoms with Crippen LogP contribution in [-0.2, 0) is 57.4 Å². The van der Waals surface area contributed by atoms with Crippen molar-refractivity contribution in [2.24, 2.45) is 0 Å². The molecule has 2 saturated heterocycles. The van der Waals surface area contributed by atoms with E-state index in [1.807, 2.05) is 0 Å². The Balaban J connectivity index is 0.000000206. The summed E-state index contributed by atoms with van der Waals surface area (Å²) in [4.78, 5) is 19.1.